The third-order valence-corrected chi connectivity index (χ3v) is 3.42. The Kier molecular flexibility index (Phi) is 5.33. The first-order chi connectivity index (χ1) is 10.4. The molecule has 0 unspecified atom stereocenters. The van der Waals surface area contributed by atoms with Crippen LogP contribution >= 0.6 is 0 Å². The predicted molar refractivity (Wildman–Crippen MR) is 72.1 cm³/mol. The number of carboxylic acids is 1. The highest BCUT2D eigenvalue weighted by Crippen LogP contribution is 2.22. The van der Waals surface area contributed by atoms with Gasteiger partial charge < -0.3 is 35.0 Å². The van der Waals surface area contributed by atoms with Crippen molar-refractivity contribution in [2.75, 3.05) is 6.61 Å². The van der Waals surface area contributed by atoms with Crippen LogP contribution in [0.3, 0.4) is 0 Å². The van der Waals surface area contributed by atoms with Gasteiger partial charge in [-0.2, -0.15) is 0 Å². The predicted octanol–water partition coefficient (Wildman–Crippen LogP) is -1.16. The molecule has 5 atom stereocenters. The van der Waals surface area contributed by atoms with Crippen LogP contribution in [-0.2, 0) is 20.7 Å². The SMILES string of the molecule is O=C(O)[C@H]1O[C@H](OCCc2ccc(O)cc2)[C@@H](O)[C@H](O)[C@@H]1O. The molecule has 0 aliphatic carbocycles. The van der Waals surface area contributed by atoms with Gasteiger partial charge in [-0.25, -0.2) is 4.79 Å². The van der Waals surface area contributed by atoms with Crippen LogP contribution in [-0.4, -0.2) is 68.8 Å². The minimum Gasteiger partial charge on any atom is -0.508 e. The van der Waals surface area contributed by atoms with E-state index in [-0.39, 0.29) is 12.4 Å². The Morgan fingerprint density at radius 3 is 2.32 bits per heavy atom. The number of phenols is 1. The first-order valence-electron chi connectivity index (χ1n) is 6.72. The van der Waals surface area contributed by atoms with Gasteiger partial charge in [0.05, 0.1) is 6.61 Å². The lowest BCUT2D eigenvalue weighted by atomic mass is 9.99. The van der Waals surface area contributed by atoms with Crippen LogP contribution in [0, 0.1) is 0 Å². The lowest BCUT2D eigenvalue weighted by Gasteiger charge is -2.38. The normalized spacial score (nSPS) is 31.9. The smallest absolute Gasteiger partial charge is 0.335 e. The van der Waals surface area contributed by atoms with E-state index in [0.29, 0.717) is 6.42 Å². The highest BCUT2D eigenvalue weighted by Gasteiger charge is 2.47. The second-order valence-electron chi connectivity index (χ2n) is 5.02. The summed E-state index contributed by atoms with van der Waals surface area (Å²) in [4.78, 5) is 10.9. The third kappa shape index (κ3) is 3.73. The quantitative estimate of drug-likeness (QED) is 0.459. The summed E-state index contributed by atoms with van der Waals surface area (Å²) in [5.74, 6) is -1.32. The molecule has 0 aromatic heterocycles. The van der Waals surface area contributed by atoms with Gasteiger partial charge in [-0.15, -0.1) is 0 Å². The molecule has 8 heteroatoms. The van der Waals surface area contributed by atoms with Crippen molar-refractivity contribution >= 4 is 5.97 Å². The van der Waals surface area contributed by atoms with E-state index in [9.17, 15) is 20.1 Å². The summed E-state index contributed by atoms with van der Waals surface area (Å²) in [5, 5.41) is 47.0. The molecule has 0 saturated carbocycles. The summed E-state index contributed by atoms with van der Waals surface area (Å²) >= 11 is 0. The molecule has 1 aliphatic rings. The molecule has 22 heavy (non-hydrogen) atoms. The molecule has 0 bridgehead atoms. The van der Waals surface area contributed by atoms with Crippen LogP contribution in [0.5, 0.6) is 5.75 Å². The molecule has 1 aromatic rings. The number of rotatable bonds is 5. The summed E-state index contributed by atoms with van der Waals surface area (Å²) in [7, 11) is 0. The van der Waals surface area contributed by atoms with E-state index in [1.807, 2.05) is 0 Å². The molecular weight excluding hydrogens is 296 g/mol. The van der Waals surface area contributed by atoms with Gasteiger partial charge >= 0.3 is 5.97 Å². The summed E-state index contributed by atoms with van der Waals surface area (Å²) in [5.41, 5.74) is 0.860. The average molecular weight is 314 g/mol. The molecule has 122 valence electrons. The number of aromatic hydroxyl groups is 1. The van der Waals surface area contributed by atoms with Crippen LogP contribution in [0.15, 0.2) is 24.3 Å². The molecule has 0 spiro atoms. The maximum atomic E-state index is 10.9. The number of phenolic OH excluding ortho intramolecular Hbond substituents is 1. The molecular formula is C14H18O8. The lowest BCUT2D eigenvalue weighted by molar-refractivity contribution is -0.293. The number of carbonyl (C=O) groups is 1. The van der Waals surface area contributed by atoms with Gasteiger partial charge in [-0.3, -0.25) is 0 Å². The van der Waals surface area contributed by atoms with E-state index in [4.69, 9.17) is 19.7 Å². The molecule has 0 amide bonds. The maximum Gasteiger partial charge on any atom is 0.335 e. The first-order valence-corrected chi connectivity index (χ1v) is 6.72. The van der Waals surface area contributed by atoms with Crippen molar-refractivity contribution in [3.63, 3.8) is 0 Å². The highest BCUT2D eigenvalue weighted by molar-refractivity contribution is 5.73. The Labute approximate surface area is 126 Å². The molecule has 8 nitrogen and oxygen atoms in total. The van der Waals surface area contributed by atoms with Crippen molar-refractivity contribution in [2.45, 2.75) is 37.1 Å². The molecule has 1 aliphatic heterocycles. The largest absolute Gasteiger partial charge is 0.508 e. The van der Waals surface area contributed by atoms with E-state index in [0.717, 1.165) is 5.56 Å². The van der Waals surface area contributed by atoms with Crippen LogP contribution in [0.4, 0.5) is 0 Å². The van der Waals surface area contributed by atoms with Gasteiger partial charge in [-0.1, -0.05) is 12.1 Å². The summed E-state index contributed by atoms with van der Waals surface area (Å²) in [6, 6.07) is 6.41. The van der Waals surface area contributed by atoms with E-state index in [1.54, 1.807) is 12.1 Å². The molecule has 1 aromatic carbocycles. The minimum atomic E-state index is -1.73. The summed E-state index contributed by atoms with van der Waals surface area (Å²) in [6.07, 6.45) is -7.54. The number of aliphatic hydroxyl groups excluding tert-OH is 3. The van der Waals surface area contributed by atoms with Gasteiger partial charge in [0.15, 0.2) is 12.4 Å². The molecule has 1 saturated heterocycles. The molecule has 0 radical (unpaired) electrons. The standard InChI is InChI=1S/C14H18O8/c15-8-3-1-7(2-4-8)5-6-21-14-11(18)9(16)10(17)12(22-14)13(19)20/h1-4,9-12,14-18H,5-6H2,(H,19,20)/t9-,10+,11+,12+,14+/m1/s1. The summed E-state index contributed by atoms with van der Waals surface area (Å²) in [6.45, 7) is 0.0989. The molecule has 5 N–H and O–H groups in total. The van der Waals surface area contributed by atoms with Gasteiger partial charge in [0.1, 0.15) is 24.1 Å². The van der Waals surface area contributed by atoms with Gasteiger partial charge in [0, 0.05) is 0 Å². The van der Waals surface area contributed by atoms with E-state index < -0.39 is 36.7 Å². The van der Waals surface area contributed by atoms with Crippen molar-refractivity contribution < 1.29 is 39.8 Å². The fourth-order valence-corrected chi connectivity index (χ4v) is 2.15. The number of hydrogen-bond acceptors (Lipinski definition) is 7. The Bertz CT molecular complexity index is 502. The maximum absolute atomic E-state index is 10.9. The molecule has 1 heterocycles. The second kappa shape index (κ2) is 7.03. The fraction of sp³-hybridized carbons (Fsp3) is 0.500. The number of aliphatic carboxylic acids is 1. The van der Waals surface area contributed by atoms with E-state index in [1.165, 1.54) is 12.1 Å². The van der Waals surface area contributed by atoms with Crippen molar-refractivity contribution in [2.24, 2.45) is 0 Å². The highest BCUT2D eigenvalue weighted by atomic mass is 16.7. The second-order valence-corrected chi connectivity index (χ2v) is 5.02. The van der Waals surface area contributed by atoms with E-state index in [2.05, 4.69) is 0 Å². The zero-order valence-corrected chi connectivity index (χ0v) is 11.6. The Morgan fingerprint density at radius 2 is 1.73 bits per heavy atom. The Balaban J connectivity index is 1.90. The zero-order valence-electron chi connectivity index (χ0n) is 11.6. The molecule has 1 fully saturated rings. The number of ether oxygens (including phenoxy) is 2. The lowest BCUT2D eigenvalue weighted by Crippen LogP contribution is -2.60. The van der Waals surface area contributed by atoms with Crippen LogP contribution in [0.2, 0.25) is 0 Å². The molecule has 2 rings (SSSR count). The Hall–Kier alpha value is -1.71. The monoisotopic (exact) mass is 314 g/mol. The zero-order chi connectivity index (χ0) is 16.3. The number of benzene rings is 1. The number of hydrogen-bond donors (Lipinski definition) is 5. The average Bonchev–Trinajstić information content (AvgIpc) is 2.49. The topological polar surface area (TPSA) is 137 Å². The van der Waals surface area contributed by atoms with Crippen molar-refractivity contribution in [1.82, 2.24) is 0 Å². The van der Waals surface area contributed by atoms with Crippen molar-refractivity contribution in [3.8, 4) is 5.75 Å². The Morgan fingerprint density at radius 1 is 1.09 bits per heavy atom. The van der Waals surface area contributed by atoms with Crippen molar-refractivity contribution in [1.29, 1.82) is 0 Å². The number of aliphatic hydroxyl groups is 3. The van der Waals surface area contributed by atoms with Crippen molar-refractivity contribution in [3.05, 3.63) is 29.8 Å². The van der Waals surface area contributed by atoms with Gasteiger partial charge in [-0.05, 0) is 24.1 Å². The van der Waals surface area contributed by atoms with Gasteiger partial charge in [0.25, 0.3) is 0 Å². The third-order valence-electron chi connectivity index (χ3n) is 3.42. The van der Waals surface area contributed by atoms with Gasteiger partial charge in [0.2, 0.25) is 0 Å². The van der Waals surface area contributed by atoms with Crippen LogP contribution < -0.4 is 0 Å². The first kappa shape index (κ1) is 16.7. The van der Waals surface area contributed by atoms with E-state index >= 15 is 0 Å². The van der Waals surface area contributed by atoms with Crippen LogP contribution in [0.1, 0.15) is 5.56 Å². The van der Waals surface area contributed by atoms with Crippen LogP contribution in [0.25, 0.3) is 0 Å². The number of carboxylic acid groups (broad SMARTS) is 1. The minimum absolute atomic E-state index is 0.0989. The fourth-order valence-electron chi connectivity index (χ4n) is 2.15. The summed E-state index contributed by atoms with van der Waals surface area (Å²) < 4.78 is 10.2.